The van der Waals surface area contributed by atoms with Crippen molar-refractivity contribution in [1.82, 2.24) is 5.16 Å². The van der Waals surface area contributed by atoms with Gasteiger partial charge in [0.25, 0.3) is 5.91 Å². The highest BCUT2D eigenvalue weighted by molar-refractivity contribution is 7.96. The van der Waals surface area contributed by atoms with Crippen molar-refractivity contribution in [3.05, 3.63) is 29.8 Å². The first-order chi connectivity index (χ1) is 11.8. The van der Waals surface area contributed by atoms with E-state index < -0.39 is 20.6 Å². The van der Waals surface area contributed by atoms with Crippen molar-refractivity contribution >= 4 is 27.2 Å². The van der Waals surface area contributed by atoms with Gasteiger partial charge >= 0.3 is 0 Å². The summed E-state index contributed by atoms with van der Waals surface area (Å²) in [5.41, 5.74) is 0.977. The van der Waals surface area contributed by atoms with Gasteiger partial charge in [0.2, 0.25) is 5.88 Å². The number of amides is 1. The Bertz CT molecular complexity index is 746. The third kappa shape index (κ3) is 5.25. The van der Waals surface area contributed by atoms with Crippen molar-refractivity contribution < 1.29 is 27.2 Å². The maximum Gasteiger partial charge on any atom is 0.268 e. The van der Waals surface area contributed by atoms with Gasteiger partial charge in [-0.05, 0) is 24.3 Å². The summed E-state index contributed by atoms with van der Waals surface area (Å²) in [4.78, 5) is 11.7. The molecule has 0 saturated carbocycles. The largest absolute Gasteiger partial charge is 0.381 e. The minimum Gasteiger partial charge on any atom is -0.381 e. The lowest BCUT2D eigenvalue weighted by molar-refractivity contribution is -0.112. The van der Waals surface area contributed by atoms with E-state index >= 15 is 0 Å². The summed E-state index contributed by atoms with van der Waals surface area (Å²) in [5.74, 6) is -0.973. The highest BCUT2D eigenvalue weighted by Crippen LogP contribution is 2.22. The fourth-order valence-corrected chi connectivity index (χ4v) is 3.88. The standard InChI is InChI=1S/C16H22N2O6S/c1-11(9-22-3)14-8-15(24-18-14)17-16(19)12(2)25(20,21)10-13-4-6-23-7-5-13/h8,13H,1-2,4-7,9-10H2,3H3,(H,17,19). The van der Waals surface area contributed by atoms with Gasteiger partial charge in [-0.15, -0.1) is 0 Å². The lowest BCUT2D eigenvalue weighted by Crippen LogP contribution is -2.28. The first-order valence-electron chi connectivity index (χ1n) is 7.78. The molecule has 1 amide bonds. The fraction of sp³-hybridized carbons (Fsp3) is 0.500. The summed E-state index contributed by atoms with van der Waals surface area (Å²) in [6.45, 7) is 8.51. The summed E-state index contributed by atoms with van der Waals surface area (Å²) in [5, 5.41) is 6.09. The number of hydrogen-bond acceptors (Lipinski definition) is 7. The summed E-state index contributed by atoms with van der Waals surface area (Å²) < 4.78 is 39.8. The van der Waals surface area contributed by atoms with Crippen LogP contribution in [-0.2, 0) is 24.1 Å². The van der Waals surface area contributed by atoms with Crippen LogP contribution in [0.25, 0.3) is 5.57 Å². The van der Waals surface area contributed by atoms with Crippen molar-refractivity contribution in [2.75, 3.05) is 38.0 Å². The number of hydrogen-bond donors (Lipinski definition) is 1. The van der Waals surface area contributed by atoms with E-state index in [0.29, 0.717) is 37.3 Å². The fourth-order valence-electron chi connectivity index (χ4n) is 2.40. The highest BCUT2D eigenvalue weighted by Gasteiger charge is 2.28. The molecular formula is C16H22N2O6S. The van der Waals surface area contributed by atoms with Crippen LogP contribution in [0.2, 0.25) is 0 Å². The monoisotopic (exact) mass is 370 g/mol. The first-order valence-corrected chi connectivity index (χ1v) is 9.43. The molecule has 0 spiro atoms. The van der Waals surface area contributed by atoms with Crippen LogP contribution in [0.3, 0.4) is 0 Å². The molecule has 1 aromatic rings. The highest BCUT2D eigenvalue weighted by atomic mass is 32.2. The van der Waals surface area contributed by atoms with Crippen molar-refractivity contribution in [3.63, 3.8) is 0 Å². The maximum absolute atomic E-state index is 12.4. The molecule has 0 bridgehead atoms. The van der Waals surface area contributed by atoms with Gasteiger partial charge in [0.1, 0.15) is 10.6 Å². The molecule has 1 aromatic heterocycles. The summed E-state index contributed by atoms with van der Waals surface area (Å²) in [6.07, 6.45) is 1.31. The summed E-state index contributed by atoms with van der Waals surface area (Å²) >= 11 is 0. The Balaban J connectivity index is 1.97. The Morgan fingerprint density at radius 3 is 2.72 bits per heavy atom. The van der Waals surface area contributed by atoms with Gasteiger partial charge in [-0.1, -0.05) is 18.3 Å². The average molecular weight is 370 g/mol. The first kappa shape index (κ1) is 19.4. The van der Waals surface area contributed by atoms with E-state index in [9.17, 15) is 13.2 Å². The molecule has 0 radical (unpaired) electrons. The lowest BCUT2D eigenvalue weighted by Gasteiger charge is -2.21. The van der Waals surface area contributed by atoms with Gasteiger partial charge in [-0.3, -0.25) is 10.1 Å². The number of anilines is 1. The molecule has 0 atom stereocenters. The number of rotatable bonds is 8. The molecule has 0 aliphatic carbocycles. The van der Waals surface area contributed by atoms with Gasteiger partial charge in [0, 0.05) is 26.4 Å². The van der Waals surface area contributed by atoms with Crippen LogP contribution >= 0.6 is 0 Å². The second-order valence-electron chi connectivity index (χ2n) is 5.83. The maximum atomic E-state index is 12.4. The van der Waals surface area contributed by atoms with Crippen LogP contribution in [0.4, 0.5) is 5.88 Å². The Labute approximate surface area is 146 Å². The van der Waals surface area contributed by atoms with Gasteiger partial charge in [0.05, 0.1) is 12.4 Å². The second-order valence-corrected chi connectivity index (χ2v) is 7.88. The van der Waals surface area contributed by atoms with E-state index in [4.69, 9.17) is 14.0 Å². The Morgan fingerprint density at radius 1 is 1.40 bits per heavy atom. The second kappa shape index (κ2) is 8.41. The zero-order valence-corrected chi connectivity index (χ0v) is 14.9. The van der Waals surface area contributed by atoms with Crippen LogP contribution in [0.5, 0.6) is 0 Å². The average Bonchev–Trinajstić information content (AvgIpc) is 3.03. The minimum absolute atomic E-state index is 0.0136. The third-order valence-electron chi connectivity index (χ3n) is 3.85. The smallest absolute Gasteiger partial charge is 0.268 e. The van der Waals surface area contributed by atoms with Gasteiger partial charge in [-0.2, -0.15) is 0 Å². The summed E-state index contributed by atoms with van der Waals surface area (Å²) in [7, 11) is -2.24. The molecule has 1 saturated heterocycles. The quantitative estimate of drug-likeness (QED) is 0.693. The number of aromatic nitrogens is 1. The number of carbonyl (C=O) groups is 1. The number of sulfone groups is 1. The van der Waals surface area contributed by atoms with Gasteiger partial charge in [-0.25, -0.2) is 8.42 Å². The van der Waals surface area contributed by atoms with Crippen molar-refractivity contribution in [2.45, 2.75) is 12.8 Å². The van der Waals surface area contributed by atoms with Crippen molar-refractivity contribution in [2.24, 2.45) is 5.92 Å². The number of methoxy groups -OCH3 is 1. The molecule has 2 rings (SSSR count). The van der Waals surface area contributed by atoms with Crippen molar-refractivity contribution in [1.29, 1.82) is 0 Å². The Hall–Kier alpha value is -1.97. The molecule has 0 aromatic carbocycles. The topological polar surface area (TPSA) is 108 Å². The molecule has 1 fully saturated rings. The Morgan fingerprint density at radius 2 is 2.08 bits per heavy atom. The molecular weight excluding hydrogens is 348 g/mol. The van der Waals surface area contributed by atoms with Crippen LogP contribution in [0.1, 0.15) is 18.5 Å². The lowest BCUT2D eigenvalue weighted by atomic mass is 10.0. The van der Waals surface area contributed by atoms with E-state index in [1.807, 2.05) is 0 Å². The SMILES string of the molecule is C=C(COC)c1cc(NC(=O)C(=C)S(=O)(=O)CC2CCOCC2)on1. The van der Waals surface area contributed by atoms with Gasteiger partial charge < -0.3 is 14.0 Å². The zero-order chi connectivity index (χ0) is 18.4. The molecule has 8 nitrogen and oxygen atoms in total. The third-order valence-corrected chi connectivity index (χ3v) is 5.70. The summed E-state index contributed by atoms with van der Waals surface area (Å²) in [6, 6.07) is 1.44. The number of carbonyl (C=O) groups excluding carboxylic acids is 1. The van der Waals surface area contributed by atoms with Crippen LogP contribution in [0.15, 0.2) is 28.7 Å². The predicted octanol–water partition coefficient (Wildman–Crippen LogP) is 1.63. The van der Waals surface area contributed by atoms with Crippen LogP contribution in [-0.4, -0.2) is 52.2 Å². The number of nitrogens with zero attached hydrogens (tertiary/aromatic N) is 1. The van der Waals surface area contributed by atoms with Crippen LogP contribution < -0.4 is 5.32 Å². The molecule has 2 heterocycles. The van der Waals surface area contributed by atoms with E-state index in [0.717, 1.165) is 0 Å². The molecule has 25 heavy (non-hydrogen) atoms. The minimum atomic E-state index is -3.76. The predicted molar refractivity (Wildman–Crippen MR) is 92.5 cm³/mol. The zero-order valence-electron chi connectivity index (χ0n) is 14.1. The molecule has 0 unspecified atom stereocenters. The van der Waals surface area contributed by atoms with Crippen molar-refractivity contribution in [3.8, 4) is 0 Å². The van der Waals surface area contributed by atoms with E-state index in [2.05, 4.69) is 23.6 Å². The molecule has 138 valence electrons. The Kier molecular flexibility index (Phi) is 6.51. The number of ether oxygens (including phenoxy) is 2. The normalized spacial score (nSPS) is 15.7. The van der Waals surface area contributed by atoms with E-state index in [-0.39, 0.29) is 24.2 Å². The van der Waals surface area contributed by atoms with Gasteiger partial charge in [0.15, 0.2) is 9.84 Å². The molecule has 1 N–H and O–H groups in total. The molecule has 1 aliphatic heterocycles. The number of nitrogens with one attached hydrogen (secondary N) is 1. The molecule has 1 aliphatic rings. The molecule has 9 heteroatoms. The van der Waals surface area contributed by atoms with Crippen LogP contribution in [0, 0.1) is 5.92 Å². The van der Waals surface area contributed by atoms with E-state index in [1.165, 1.54) is 13.2 Å². The van der Waals surface area contributed by atoms with E-state index in [1.54, 1.807) is 0 Å².